The van der Waals surface area contributed by atoms with E-state index in [1.165, 1.54) is 16.8 Å². The molecule has 1 aromatic rings. The quantitative estimate of drug-likeness (QED) is 0.764. The summed E-state index contributed by atoms with van der Waals surface area (Å²) in [5.74, 6) is -1.38. The third kappa shape index (κ3) is 1.48. The lowest BCUT2D eigenvalue weighted by Gasteiger charge is -2.10. The molecule has 1 aliphatic carbocycles. The molecule has 2 N–H and O–H groups in total. The normalized spacial score (nSPS) is 17.4. The summed E-state index contributed by atoms with van der Waals surface area (Å²) < 4.78 is 0. The molecular weight excluding hydrogens is 204 g/mol. The average molecular weight is 212 g/mol. The number of aromatic nitrogens is 1. The molecule has 1 aliphatic rings. The predicted octanol–water partition coefficient (Wildman–Crippen LogP) is 0.490. The largest absolute Gasteiger partial charge is 0.480 e. The molecule has 74 valence electrons. The molecule has 1 amide bonds. The van der Waals surface area contributed by atoms with Crippen LogP contribution < -0.4 is 5.32 Å². The van der Waals surface area contributed by atoms with Crippen LogP contribution in [0.4, 0.5) is 0 Å². The number of carboxylic acids is 1. The molecule has 5 nitrogen and oxygen atoms in total. The fourth-order valence-corrected chi connectivity index (χ4v) is 1.66. The smallest absolute Gasteiger partial charge is 0.329 e. The Hall–Kier alpha value is -1.43. The zero-order valence-electron chi connectivity index (χ0n) is 7.19. The van der Waals surface area contributed by atoms with E-state index in [1.54, 1.807) is 5.38 Å². The number of hydrogen-bond acceptors (Lipinski definition) is 4. The van der Waals surface area contributed by atoms with Crippen molar-refractivity contribution in [3.8, 4) is 0 Å². The van der Waals surface area contributed by atoms with E-state index >= 15 is 0 Å². The van der Waals surface area contributed by atoms with Crippen LogP contribution in [0.5, 0.6) is 0 Å². The van der Waals surface area contributed by atoms with Gasteiger partial charge in [0.25, 0.3) is 5.91 Å². The maximum atomic E-state index is 11.4. The molecule has 1 saturated carbocycles. The van der Waals surface area contributed by atoms with Gasteiger partial charge in [0.05, 0.1) is 5.51 Å². The number of nitrogens with one attached hydrogen (secondary N) is 1. The van der Waals surface area contributed by atoms with E-state index in [0.29, 0.717) is 12.8 Å². The zero-order chi connectivity index (χ0) is 10.2. The van der Waals surface area contributed by atoms with Gasteiger partial charge in [-0.15, -0.1) is 11.3 Å². The summed E-state index contributed by atoms with van der Waals surface area (Å²) in [6.07, 6.45) is 0.996. The molecule has 0 radical (unpaired) electrons. The third-order valence-electron chi connectivity index (χ3n) is 2.18. The van der Waals surface area contributed by atoms with Gasteiger partial charge in [0.15, 0.2) is 0 Å². The van der Waals surface area contributed by atoms with E-state index in [0.717, 1.165) is 0 Å². The second kappa shape index (κ2) is 3.06. The number of carbonyl (C=O) groups excluding carboxylic acids is 1. The van der Waals surface area contributed by atoms with Crippen molar-refractivity contribution >= 4 is 23.2 Å². The first-order valence-electron chi connectivity index (χ1n) is 4.08. The summed E-state index contributed by atoms with van der Waals surface area (Å²) in [5, 5.41) is 12.9. The highest BCUT2D eigenvalue weighted by Crippen LogP contribution is 2.35. The van der Waals surface area contributed by atoms with Gasteiger partial charge in [-0.05, 0) is 12.8 Å². The number of hydrogen-bond donors (Lipinski definition) is 2. The molecule has 0 spiro atoms. The molecule has 1 fully saturated rings. The van der Waals surface area contributed by atoms with E-state index in [2.05, 4.69) is 10.3 Å². The maximum Gasteiger partial charge on any atom is 0.329 e. The van der Waals surface area contributed by atoms with Gasteiger partial charge in [0.1, 0.15) is 11.2 Å². The highest BCUT2D eigenvalue weighted by molar-refractivity contribution is 7.07. The van der Waals surface area contributed by atoms with E-state index in [4.69, 9.17) is 5.11 Å². The Morgan fingerprint density at radius 2 is 2.29 bits per heavy atom. The predicted molar refractivity (Wildman–Crippen MR) is 49.2 cm³/mol. The van der Waals surface area contributed by atoms with Crippen molar-refractivity contribution < 1.29 is 14.7 Å². The fraction of sp³-hybridized carbons (Fsp3) is 0.375. The molecule has 1 aromatic heterocycles. The Morgan fingerprint density at radius 1 is 1.57 bits per heavy atom. The molecule has 0 aliphatic heterocycles. The van der Waals surface area contributed by atoms with Crippen LogP contribution in [0.25, 0.3) is 0 Å². The van der Waals surface area contributed by atoms with E-state index in [1.807, 2.05) is 0 Å². The van der Waals surface area contributed by atoms with Gasteiger partial charge in [-0.1, -0.05) is 0 Å². The minimum absolute atomic E-state index is 0.280. The van der Waals surface area contributed by atoms with Crippen molar-refractivity contribution in [1.29, 1.82) is 0 Å². The van der Waals surface area contributed by atoms with Crippen LogP contribution in [0.1, 0.15) is 23.3 Å². The Morgan fingerprint density at radius 3 is 2.71 bits per heavy atom. The number of nitrogens with zero attached hydrogens (tertiary/aromatic N) is 1. The highest BCUT2D eigenvalue weighted by atomic mass is 32.1. The first-order chi connectivity index (χ1) is 6.64. The molecule has 0 aromatic carbocycles. The van der Waals surface area contributed by atoms with Gasteiger partial charge in [0.2, 0.25) is 0 Å². The maximum absolute atomic E-state index is 11.4. The van der Waals surface area contributed by atoms with Crippen LogP contribution in [0.3, 0.4) is 0 Å². The van der Waals surface area contributed by atoms with Crippen LogP contribution in [0.2, 0.25) is 0 Å². The molecule has 0 unspecified atom stereocenters. The number of carboxylic acid groups (broad SMARTS) is 1. The van der Waals surface area contributed by atoms with Crippen molar-refractivity contribution in [2.75, 3.05) is 0 Å². The second-order valence-electron chi connectivity index (χ2n) is 3.22. The van der Waals surface area contributed by atoms with Crippen LogP contribution in [-0.4, -0.2) is 27.5 Å². The Balaban J connectivity index is 2.06. The fourth-order valence-electron chi connectivity index (χ4n) is 1.12. The third-order valence-corrected chi connectivity index (χ3v) is 2.76. The van der Waals surface area contributed by atoms with E-state index < -0.39 is 17.4 Å². The van der Waals surface area contributed by atoms with Gasteiger partial charge in [-0.2, -0.15) is 0 Å². The lowest BCUT2D eigenvalue weighted by atomic mass is 10.2. The number of aliphatic carboxylic acids is 1. The molecule has 14 heavy (non-hydrogen) atoms. The first kappa shape index (κ1) is 9.14. The number of thiazole rings is 1. The molecule has 0 bridgehead atoms. The molecule has 6 heteroatoms. The lowest BCUT2D eigenvalue weighted by molar-refractivity contribution is -0.140. The van der Waals surface area contributed by atoms with Crippen molar-refractivity contribution in [3.63, 3.8) is 0 Å². The summed E-state index contributed by atoms with van der Waals surface area (Å²) in [4.78, 5) is 26.0. The molecule has 0 saturated heterocycles. The summed E-state index contributed by atoms with van der Waals surface area (Å²) in [6, 6.07) is 0. The molecule has 1 heterocycles. The van der Waals surface area contributed by atoms with Crippen molar-refractivity contribution in [2.45, 2.75) is 18.4 Å². The van der Waals surface area contributed by atoms with Crippen molar-refractivity contribution in [2.24, 2.45) is 0 Å². The highest BCUT2D eigenvalue weighted by Gasteiger charge is 2.51. The SMILES string of the molecule is O=C(NC1(C(=O)O)CC1)c1cscn1. The van der Waals surface area contributed by atoms with Crippen LogP contribution in [0, 0.1) is 0 Å². The topological polar surface area (TPSA) is 79.3 Å². The van der Waals surface area contributed by atoms with Gasteiger partial charge in [-0.25, -0.2) is 9.78 Å². The number of amides is 1. The Kier molecular flexibility index (Phi) is 1.99. The Bertz CT molecular complexity index is 370. The van der Waals surface area contributed by atoms with Gasteiger partial charge in [0, 0.05) is 5.38 Å². The zero-order valence-corrected chi connectivity index (χ0v) is 8.00. The summed E-state index contributed by atoms with van der Waals surface area (Å²) in [7, 11) is 0. The lowest BCUT2D eigenvalue weighted by Crippen LogP contribution is -2.43. The summed E-state index contributed by atoms with van der Waals surface area (Å²) in [6.45, 7) is 0. The van der Waals surface area contributed by atoms with E-state index in [9.17, 15) is 9.59 Å². The van der Waals surface area contributed by atoms with Crippen molar-refractivity contribution in [3.05, 3.63) is 16.6 Å². The van der Waals surface area contributed by atoms with Crippen LogP contribution in [-0.2, 0) is 4.79 Å². The van der Waals surface area contributed by atoms with Crippen LogP contribution in [0.15, 0.2) is 10.9 Å². The van der Waals surface area contributed by atoms with Gasteiger partial charge >= 0.3 is 5.97 Å². The minimum Gasteiger partial charge on any atom is -0.480 e. The first-order valence-corrected chi connectivity index (χ1v) is 5.02. The molecule has 2 rings (SSSR count). The second-order valence-corrected chi connectivity index (χ2v) is 3.93. The van der Waals surface area contributed by atoms with Crippen LogP contribution >= 0.6 is 11.3 Å². The summed E-state index contributed by atoms with van der Waals surface area (Å²) >= 11 is 1.30. The monoisotopic (exact) mass is 212 g/mol. The minimum atomic E-state index is -1.03. The van der Waals surface area contributed by atoms with Crippen molar-refractivity contribution in [1.82, 2.24) is 10.3 Å². The Labute approximate surface area is 83.8 Å². The molecule has 0 atom stereocenters. The van der Waals surface area contributed by atoms with Gasteiger partial charge in [-0.3, -0.25) is 4.79 Å². The number of carbonyl (C=O) groups is 2. The summed E-state index contributed by atoms with van der Waals surface area (Å²) in [5.41, 5.74) is 0.790. The average Bonchev–Trinajstić information content (AvgIpc) is 2.74. The van der Waals surface area contributed by atoms with E-state index in [-0.39, 0.29) is 5.69 Å². The van der Waals surface area contributed by atoms with Gasteiger partial charge < -0.3 is 10.4 Å². The standard InChI is InChI=1S/C8H8N2O3S/c11-6(5-3-14-4-9-5)10-8(1-2-8)7(12)13/h3-4H,1-2H2,(H,10,11)(H,12,13). The number of rotatable bonds is 3. The molecular formula is C8H8N2O3S.